The highest BCUT2D eigenvalue weighted by atomic mass is 32.1. The van der Waals surface area contributed by atoms with Gasteiger partial charge in [0.2, 0.25) is 0 Å². The van der Waals surface area contributed by atoms with Crippen molar-refractivity contribution in [1.29, 1.82) is 0 Å². The largest absolute Gasteiger partial charge is 0.456 e. The number of hydrogen-bond acceptors (Lipinski definition) is 3. The summed E-state index contributed by atoms with van der Waals surface area (Å²) >= 11 is 1.90. The Morgan fingerprint density at radius 2 is 1.11 bits per heavy atom. The van der Waals surface area contributed by atoms with Crippen molar-refractivity contribution in [2.75, 3.05) is 4.90 Å². The van der Waals surface area contributed by atoms with Crippen LogP contribution in [0.5, 0.6) is 0 Å². The quantitative estimate of drug-likeness (QED) is 0.190. The lowest BCUT2D eigenvalue weighted by Gasteiger charge is -2.26. The highest BCUT2D eigenvalue weighted by molar-refractivity contribution is 7.26. The third kappa shape index (κ3) is 3.62. The van der Waals surface area contributed by atoms with Crippen LogP contribution < -0.4 is 4.90 Å². The summed E-state index contributed by atoms with van der Waals surface area (Å²) in [6.07, 6.45) is 0. The van der Waals surface area contributed by atoms with Gasteiger partial charge in [-0.3, -0.25) is 0 Å². The van der Waals surface area contributed by atoms with E-state index >= 15 is 0 Å². The van der Waals surface area contributed by atoms with Crippen LogP contribution in [0.1, 0.15) is 0 Å². The number of anilines is 3. The van der Waals surface area contributed by atoms with Crippen molar-refractivity contribution in [3.05, 3.63) is 152 Å². The first-order valence-corrected chi connectivity index (χ1v) is 16.1. The Bertz CT molecular complexity index is 2770. The summed E-state index contributed by atoms with van der Waals surface area (Å²) < 4.78 is 9.00. The van der Waals surface area contributed by atoms with E-state index in [1.807, 2.05) is 23.5 Å². The molecule has 0 spiro atoms. The second-order valence-electron chi connectivity index (χ2n) is 11.7. The Labute approximate surface area is 263 Å². The Hall–Kier alpha value is -5.64. The van der Waals surface area contributed by atoms with Crippen LogP contribution in [0.15, 0.2) is 156 Å². The first-order chi connectivity index (χ1) is 22.3. The molecule has 3 heteroatoms. The van der Waals surface area contributed by atoms with Gasteiger partial charge in [0.15, 0.2) is 0 Å². The third-order valence-corrected chi connectivity index (χ3v) is 10.4. The number of hydrogen-bond donors (Lipinski definition) is 0. The van der Waals surface area contributed by atoms with Crippen LogP contribution in [0.4, 0.5) is 17.1 Å². The van der Waals surface area contributed by atoms with Gasteiger partial charge in [-0.1, -0.05) is 103 Å². The summed E-state index contributed by atoms with van der Waals surface area (Å²) in [5, 5.41) is 12.6. The van der Waals surface area contributed by atoms with Crippen molar-refractivity contribution >= 4 is 103 Å². The minimum Gasteiger partial charge on any atom is -0.456 e. The number of benzene rings is 8. The van der Waals surface area contributed by atoms with Crippen LogP contribution in [0.3, 0.4) is 0 Å². The van der Waals surface area contributed by atoms with E-state index in [2.05, 4.69) is 144 Å². The Kier molecular flexibility index (Phi) is 5.19. The maximum atomic E-state index is 6.31. The van der Waals surface area contributed by atoms with E-state index < -0.39 is 0 Å². The molecule has 0 atom stereocenters. The van der Waals surface area contributed by atoms with Crippen LogP contribution in [0, 0.1) is 0 Å². The highest BCUT2D eigenvalue weighted by Crippen LogP contribution is 2.46. The molecule has 2 heterocycles. The summed E-state index contributed by atoms with van der Waals surface area (Å²) in [5.74, 6) is 0. The second kappa shape index (κ2) is 9.43. The predicted octanol–water partition coefficient (Wildman–Crippen LogP) is 12.9. The fraction of sp³-hybridized carbons (Fsp3) is 0. The number of thiophene rings is 1. The van der Waals surface area contributed by atoms with Gasteiger partial charge < -0.3 is 9.32 Å². The van der Waals surface area contributed by atoms with E-state index in [1.54, 1.807) is 0 Å². The number of para-hydroxylation sites is 2. The first kappa shape index (κ1) is 24.8. The van der Waals surface area contributed by atoms with Crippen LogP contribution in [0.25, 0.3) is 74.4 Å². The van der Waals surface area contributed by atoms with Gasteiger partial charge in [0, 0.05) is 42.3 Å². The molecule has 0 unspecified atom stereocenters. The zero-order valence-electron chi connectivity index (χ0n) is 24.2. The highest BCUT2D eigenvalue weighted by Gasteiger charge is 2.20. The maximum Gasteiger partial charge on any atom is 0.137 e. The van der Waals surface area contributed by atoms with Crippen molar-refractivity contribution in [1.82, 2.24) is 0 Å². The number of rotatable bonds is 3. The Balaban J connectivity index is 1.26. The molecule has 10 aromatic rings. The van der Waals surface area contributed by atoms with Crippen LogP contribution >= 0.6 is 11.3 Å². The standard InChI is InChI=1S/C42H25NOS/c1-2-9-29(10-3-1)43(35-13-8-15-37-41(35)34-12-4-6-14-36(34)44-37)30-22-24-31-28(25-30)20-19-26-17-18-27-21-23-33-32-11-5-7-16-38(32)45-42(33)40(27)39(26)31/h1-25H. The van der Waals surface area contributed by atoms with Crippen molar-refractivity contribution in [2.45, 2.75) is 0 Å². The van der Waals surface area contributed by atoms with Crippen LogP contribution in [0.2, 0.25) is 0 Å². The third-order valence-electron chi connectivity index (χ3n) is 9.20. The average molecular weight is 592 g/mol. The Morgan fingerprint density at radius 3 is 2.00 bits per heavy atom. The van der Waals surface area contributed by atoms with Gasteiger partial charge in [0.05, 0.1) is 11.1 Å². The molecule has 0 radical (unpaired) electrons. The molecule has 10 rings (SSSR count). The zero-order valence-corrected chi connectivity index (χ0v) is 25.0. The molecule has 0 fully saturated rings. The molecule has 0 saturated heterocycles. The van der Waals surface area contributed by atoms with Crippen molar-refractivity contribution in [2.24, 2.45) is 0 Å². The normalized spacial score (nSPS) is 12.0. The molecular weight excluding hydrogens is 567 g/mol. The minimum absolute atomic E-state index is 0.889. The maximum absolute atomic E-state index is 6.31. The summed E-state index contributed by atoms with van der Waals surface area (Å²) in [5.41, 5.74) is 5.10. The van der Waals surface area contributed by atoms with Crippen LogP contribution in [-0.2, 0) is 0 Å². The molecule has 8 aromatic carbocycles. The first-order valence-electron chi connectivity index (χ1n) is 15.3. The van der Waals surface area contributed by atoms with E-state index in [4.69, 9.17) is 4.42 Å². The van der Waals surface area contributed by atoms with Crippen LogP contribution in [-0.4, -0.2) is 0 Å². The fourth-order valence-corrected chi connectivity index (χ4v) is 8.48. The number of fused-ring (bicyclic) bond motifs is 12. The molecule has 0 aliphatic heterocycles. The van der Waals surface area contributed by atoms with Crippen molar-refractivity contribution in [3.8, 4) is 0 Å². The van der Waals surface area contributed by atoms with Gasteiger partial charge in [-0.05, 0) is 75.5 Å². The number of nitrogens with zero attached hydrogens (tertiary/aromatic N) is 1. The van der Waals surface area contributed by atoms with Gasteiger partial charge >= 0.3 is 0 Å². The lowest BCUT2D eigenvalue weighted by atomic mass is 9.95. The zero-order chi connectivity index (χ0) is 29.5. The molecule has 0 N–H and O–H groups in total. The average Bonchev–Trinajstić information content (AvgIpc) is 3.67. The minimum atomic E-state index is 0.889. The molecular formula is C42H25NOS. The molecule has 0 aliphatic carbocycles. The van der Waals surface area contributed by atoms with E-state index in [0.29, 0.717) is 0 Å². The van der Waals surface area contributed by atoms with Gasteiger partial charge in [0.1, 0.15) is 11.2 Å². The van der Waals surface area contributed by atoms with Gasteiger partial charge in [-0.15, -0.1) is 11.3 Å². The van der Waals surface area contributed by atoms with Crippen molar-refractivity contribution in [3.63, 3.8) is 0 Å². The summed E-state index contributed by atoms with van der Waals surface area (Å²) in [6.45, 7) is 0. The Morgan fingerprint density at radius 1 is 0.422 bits per heavy atom. The lowest BCUT2D eigenvalue weighted by Crippen LogP contribution is -2.10. The predicted molar refractivity (Wildman–Crippen MR) is 194 cm³/mol. The van der Waals surface area contributed by atoms with Gasteiger partial charge in [-0.2, -0.15) is 0 Å². The molecule has 45 heavy (non-hydrogen) atoms. The fourth-order valence-electron chi connectivity index (χ4n) is 7.22. The molecule has 2 nitrogen and oxygen atoms in total. The SMILES string of the molecule is c1ccc(N(c2ccc3c(ccc4ccc5ccc6c7ccccc7sc6c5c43)c2)c2cccc3oc4ccccc4c23)cc1. The molecule has 0 amide bonds. The molecule has 0 bridgehead atoms. The molecule has 0 aliphatic rings. The van der Waals surface area contributed by atoms with E-state index in [0.717, 1.165) is 39.0 Å². The molecule has 0 saturated carbocycles. The number of furan rings is 1. The lowest BCUT2D eigenvalue weighted by molar-refractivity contribution is 0.669. The van der Waals surface area contributed by atoms with E-state index in [-0.39, 0.29) is 0 Å². The monoisotopic (exact) mass is 591 g/mol. The second-order valence-corrected chi connectivity index (χ2v) is 12.7. The summed E-state index contributed by atoms with van der Waals surface area (Å²) in [7, 11) is 0. The van der Waals surface area contributed by atoms with E-state index in [9.17, 15) is 0 Å². The summed E-state index contributed by atoms with van der Waals surface area (Å²) in [6, 6.07) is 54.7. The van der Waals surface area contributed by atoms with Gasteiger partial charge in [-0.25, -0.2) is 0 Å². The summed E-state index contributed by atoms with van der Waals surface area (Å²) in [4.78, 5) is 2.36. The molecule has 2 aromatic heterocycles. The molecule has 210 valence electrons. The van der Waals surface area contributed by atoms with Crippen molar-refractivity contribution < 1.29 is 4.42 Å². The topological polar surface area (TPSA) is 16.4 Å². The van der Waals surface area contributed by atoms with Gasteiger partial charge in [0.25, 0.3) is 0 Å². The smallest absolute Gasteiger partial charge is 0.137 e. The van der Waals surface area contributed by atoms with E-state index in [1.165, 1.54) is 52.5 Å².